The van der Waals surface area contributed by atoms with E-state index in [1.54, 1.807) is 36.9 Å². The van der Waals surface area contributed by atoms with Gasteiger partial charge in [0.1, 0.15) is 5.84 Å². The SMILES string of the molecule is N=C(N)C(c1ccccn1)=c1ncc(=C2C=Nc3ccccc3N2)cn1. The van der Waals surface area contributed by atoms with Crippen LogP contribution in [-0.2, 0) is 0 Å². The van der Waals surface area contributed by atoms with Crippen LogP contribution in [0, 0.1) is 5.41 Å². The van der Waals surface area contributed by atoms with E-state index in [0.29, 0.717) is 16.7 Å². The predicted molar refractivity (Wildman–Crippen MR) is 102 cm³/mol. The Hall–Kier alpha value is -3.87. The predicted octanol–water partition coefficient (Wildman–Crippen LogP) is 0.943. The first kappa shape index (κ1) is 15.6. The number of anilines is 1. The smallest absolute Gasteiger partial charge is 0.165 e. The summed E-state index contributed by atoms with van der Waals surface area (Å²) in [5, 5.41) is 11.9. The number of pyridine rings is 1. The van der Waals surface area contributed by atoms with Gasteiger partial charge >= 0.3 is 0 Å². The van der Waals surface area contributed by atoms with Crippen molar-refractivity contribution in [2.24, 2.45) is 10.7 Å². The Morgan fingerprint density at radius 1 is 0.962 bits per heavy atom. The van der Waals surface area contributed by atoms with Gasteiger partial charge in [-0.25, -0.2) is 9.97 Å². The molecule has 0 bridgehead atoms. The maximum atomic E-state index is 7.84. The number of benzene rings is 1. The maximum absolute atomic E-state index is 7.84. The van der Waals surface area contributed by atoms with E-state index in [-0.39, 0.29) is 5.84 Å². The highest BCUT2D eigenvalue weighted by Gasteiger charge is 2.10. The Kier molecular flexibility index (Phi) is 3.95. The van der Waals surface area contributed by atoms with E-state index >= 15 is 0 Å². The standard InChI is InChI=1S/C19H15N7/c20-18(21)17(15-7-3-4-8-22-15)19-24-9-12(10-25-19)16-11-23-13-5-1-2-6-14(13)26-16/h1-11,26H,(H3,20,21). The number of rotatable bonds is 2. The molecule has 0 radical (unpaired) electrons. The van der Waals surface area contributed by atoms with Gasteiger partial charge in [-0.2, -0.15) is 0 Å². The van der Waals surface area contributed by atoms with Crippen molar-refractivity contribution in [2.75, 3.05) is 5.32 Å². The van der Waals surface area contributed by atoms with Crippen molar-refractivity contribution in [2.45, 2.75) is 0 Å². The molecule has 4 rings (SSSR count). The summed E-state index contributed by atoms with van der Waals surface area (Å²) in [6, 6.07) is 13.2. The Morgan fingerprint density at radius 3 is 2.46 bits per heavy atom. The van der Waals surface area contributed by atoms with Gasteiger partial charge in [0, 0.05) is 23.8 Å². The zero-order chi connectivity index (χ0) is 17.9. The van der Waals surface area contributed by atoms with Crippen LogP contribution in [0.3, 0.4) is 0 Å². The molecule has 1 aliphatic rings. The molecule has 0 spiro atoms. The second-order valence-electron chi connectivity index (χ2n) is 5.61. The van der Waals surface area contributed by atoms with E-state index in [1.807, 2.05) is 30.3 Å². The molecule has 3 heterocycles. The van der Waals surface area contributed by atoms with Gasteiger partial charge in [-0.05, 0) is 24.3 Å². The lowest BCUT2D eigenvalue weighted by Crippen LogP contribution is -2.29. The Labute approximate surface area is 149 Å². The minimum Gasteiger partial charge on any atom is -0.383 e. The van der Waals surface area contributed by atoms with Gasteiger partial charge in [0.2, 0.25) is 0 Å². The molecule has 7 heteroatoms. The lowest BCUT2D eigenvalue weighted by molar-refractivity contribution is 1.05. The molecule has 0 atom stereocenters. The van der Waals surface area contributed by atoms with E-state index in [4.69, 9.17) is 11.1 Å². The lowest BCUT2D eigenvalue weighted by Gasteiger charge is -2.14. The van der Waals surface area contributed by atoms with Gasteiger partial charge in [-0.15, -0.1) is 0 Å². The summed E-state index contributed by atoms with van der Waals surface area (Å²) in [5.74, 6) is -0.129. The van der Waals surface area contributed by atoms with Crippen LogP contribution < -0.4 is 21.7 Å². The molecule has 2 aromatic heterocycles. The molecule has 0 aliphatic carbocycles. The summed E-state index contributed by atoms with van der Waals surface area (Å²) in [5.41, 5.74) is 9.66. The van der Waals surface area contributed by atoms with Crippen molar-refractivity contribution in [3.8, 4) is 0 Å². The zero-order valence-corrected chi connectivity index (χ0v) is 13.7. The number of hydrogen-bond donors (Lipinski definition) is 3. The number of fused-ring (bicyclic) bond motifs is 1. The number of para-hydroxylation sites is 2. The van der Waals surface area contributed by atoms with Crippen molar-refractivity contribution in [1.82, 2.24) is 15.0 Å². The molecule has 0 fully saturated rings. The molecule has 1 aliphatic heterocycles. The van der Waals surface area contributed by atoms with Crippen molar-refractivity contribution in [3.63, 3.8) is 0 Å². The highest BCUT2D eigenvalue weighted by Crippen LogP contribution is 2.28. The lowest BCUT2D eigenvalue weighted by atomic mass is 10.1. The number of aromatic nitrogens is 3. The first-order chi connectivity index (χ1) is 12.7. The Balaban J connectivity index is 1.81. The van der Waals surface area contributed by atoms with E-state index in [2.05, 4.69) is 25.3 Å². The number of hydrogen-bond acceptors (Lipinski definition) is 6. The molecule has 7 nitrogen and oxygen atoms in total. The quantitative estimate of drug-likeness (QED) is 0.474. The fraction of sp³-hybridized carbons (Fsp3) is 0. The van der Waals surface area contributed by atoms with Gasteiger partial charge in [-0.3, -0.25) is 15.4 Å². The third kappa shape index (κ3) is 2.93. The van der Waals surface area contributed by atoms with Crippen LogP contribution in [0.15, 0.2) is 66.0 Å². The van der Waals surface area contributed by atoms with E-state index in [9.17, 15) is 0 Å². The van der Waals surface area contributed by atoms with E-state index < -0.39 is 0 Å². The van der Waals surface area contributed by atoms with Gasteiger partial charge in [0.15, 0.2) is 5.48 Å². The average Bonchev–Trinajstić information content (AvgIpc) is 2.69. The van der Waals surface area contributed by atoms with Crippen molar-refractivity contribution in [3.05, 3.63) is 77.4 Å². The highest BCUT2D eigenvalue weighted by molar-refractivity contribution is 6.18. The van der Waals surface area contributed by atoms with Crippen LogP contribution in [0.2, 0.25) is 0 Å². The molecule has 126 valence electrons. The topological polar surface area (TPSA) is 113 Å². The Morgan fingerprint density at radius 2 is 1.73 bits per heavy atom. The third-order valence-corrected chi connectivity index (χ3v) is 3.88. The maximum Gasteiger partial charge on any atom is 0.165 e. The number of nitrogens with two attached hydrogens (primary N) is 1. The molecule has 0 saturated carbocycles. The second-order valence-corrected chi connectivity index (χ2v) is 5.61. The molecular formula is C19H15N7. The van der Waals surface area contributed by atoms with Gasteiger partial charge in [0.05, 0.1) is 34.6 Å². The first-order valence-corrected chi connectivity index (χ1v) is 7.95. The second kappa shape index (κ2) is 6.56. The van der Waals surface area contributed by atoms with Crippen molar-refractivity contribution < 1.29 is 0 Å². The highest BCUT2D eigenvalue weighted by atomic mass is 15.0. The number of nitrogens with one attached hydrogen (secondary N) is 2. The largest absolute Gasteiger partial charge is 0.383 e. The van der Waals surface area contributed by atoms with Crippen LogP contribution >= 0.6 is 0 Å². The van der Waals surface area contributed by atoms with Gasteiger partial charge < -0.3 is 11.1 Å². The van der Waals surface area contributed by atoms with Crippen LogP contribution in [0.25, 0.3) is 11.3 Å². The van der Waals surface area contributed by atoms with Gasteiger partial charge in [0.25, 0.3) is 0 Å². The minimum absolute atomic E-state index is 0.129. The first-order valence-electron chi connectivity index (χ1n) is 7.95. The summed E-state index contributed by atoms with van der Waals surface area (Å²) >= 11 is 0. The molecular weight excluding hydrogens is 326 g/mol. The molecule has 0 saturated heterocycles. The van der Waals surface area contributed by atoms with E-state index in [0.717, 1.165) is 22.3 Å². The monoisotopic (exact) mass is 341 g/mol. The van der Waals surface area contributed by atoms with Crippen LogP contribution in [0.5, 0.6) is 0 Å². The summed E-state index contributed by atoms with van der Waals surface area (Å²) in [7, 11) is 0. The normalized spacial score (nSPS) is 12.2. The van der Waals surface area contributed by atoms with E-state index in [1.165, 1.54) is 0 Å². The van der Waals surface area contributed by atoms with Crippen molar-refractivity contribution >= 4 is 34.7 Å². The fourth-order valence-corrected chi connectivity index (χ4v) is 2.63. The summed E-state index contributed by atoms with van der Waals surface area (Å²) in [6.07, 6.45) is 6.74. The molecule has 0 unspecified atom stereocenters. The summed E-state index contributed by atoms with van der Waals surface area (Å²) in [6.45, 7) is 0. The fourth-order valence-electron chi connectivity index (χ4n) is 2.63. The molecule has 1 aromatic carbocycles. The average molecular weight is 341 g/mol. The van der Waals surface area contributed by atoms with Crippen molar-refractivity contribution in [1.29, 1.82) is 5.41 Å². The molecule has 3 aromatic rings. The molecule has 0 amide bonds. The Bertz CT molecular complexity index is 1110. The van der Waals surface area contributed by atoms with Gasteiger partial charge in [-0.1, -0.05) is 18.2 Å². The summed E-state index contributed by atoms with van der Waals surface area (Å²) < 4.78 is 0. The van der Waals surface area contributed by atoms with Crippen LogP contribution in [0.1, 0.15) is 5.69 Å². The molecule has 26 heavy (non-hydrogen) atoms. The van der Waals surface area contributed by atoms with Crippen LogP contribution in [0.4, 0.5) is 11.4 Å². The summed E-state index contributed by atoms with van der Waals surface area (Å²) in [4.78, 5) is 17.4. The minimum atomic E-state index is -0.129. The third-order valence-electron chi connectivity index (χ3n) is 3.88. The zero-order valence-electron chi connectivity index (χ0n) is 13.7. The molecule has 4 N–H and O–H groups in total. The number of aliphatic imine (C=N–C) groups is 1. The number of nitrogens with zero attached hydrogens (tertiary/aromatic N) is 4. The number of amidine groups is 1. The van der Waals surface area contributed by atoms with Crippen LogP contribution in [-0.4, -0.2) is 27.0 Å².